The number of hydrogen-bond donors (Lipinski definition) is 1. The van der Waals surface area contributed by atoms with Crippen LogP contribution in [0.2, 0.25) is 0 Å². The predicted octanol–water partition coefficient (Wildman–Crippen LogP) is -0.0802. The van der Waals surface area contributed by atoms with Gasteiger partial charge in [0.25, 0.3) is 0 Å². The fourth-order valence-electron chi connectivity index (χ4n) is 2.93. The highest BCUT2D eigenvalue weighted by Crippen LogP contribution is 2.21. The first-order valence-corrected chi connectivity index (χ1v) is 7.24. The second-order valence-electron chi connectivity index (χ2n) is 5.85. The van der Waals surface area contributed by atoms with Crippen molar-refractivity contribution >= 4 is 5.82 Å². The number of fused-ring (bicyclic) bond motifs is 1. The Labute approximate surface area is 119 Å². The quantitative estimate of drug-likeness (QED) is 0.815. The second kappa shape index (κ2) is 5.63. The summed E-state index contributed by atoms with van der Waals surface area (Å²) in [5.41, 5.74) is 8.11. The first-order valence-electron chi connectivity index (χ1n) is 7.24. The van der Waals surface area contributed by atoms with E-state index in [1.807, 2.05) is 0 Å². The third kappa shape index (κ3) is 2.77. The normalized spacial score (nSPS) is 24.6. The zero-order valence-corrected chi connectivity index (χ0v) is 12.3. The molecule has 0 aromatic carbocycles. The van der Waals surface area contributed by atoms with Crippen LogP contribution in [0.3, 0.4) is 0 Å². The van der Waals surface area contributed by atoms with Gasteiger partial charge >= 0.3 is 0 Å². The largest absolute Gasteiger partial charge is 0.383 e. The molecule has 0 bridgehead atoms. The molecule has 1 aromatic heterocycles. The number of ether oxygens (including phenoxy) is 1. The Morgan fingerprint density at radius 1 is 1.30 bits per heavy atom. The predicted molar refractivity (Wildman–Crippen MR) is 77.4 cm³/mol. The van der Waals surface area contributed by atoms with Gasteiger partial charge < -0.3 is 20.3 Å². The summed E-state index contributed by atoms with van der Waals surface area (Å²) < 4.78 is 5.42. The molecule has 0 spiro atoms. The Hall–Kier alpha value is -1.24. The number of nitrogens with zero attached hydrogens (tertiary/aromatic N) is 4. The lowest BCUT2D eigenvalue weighted by Gasteiger charge is -2.37. The Morgan fingerprint density at radius 3 is 3.00 bits per heavy atom. The summed E-state index contributed by atoms with van der Waals surface area (Å²) in [4.78, 5) is 13.9. The van der Waals surface area contributed by atoms with Crippen molar-refractivity contribution < 1.29 is 4.74 Å². The summed E-state index contributed by atoms with van der Waals surface area (Å²) in [5.74, 6) is 1.46. The summed E-state index contributed by atoms with van der Waals surface area (Å²) in [6.45, 7) is 4.55. The average molecular weight is 277 g/mol. The highest BCUT2D eigenvalue weighted by atomic mass is 16.5. The third-order valence-electron chi connectivity index (χ3n) is 4.30. The van der Waals surface area contributed by atoms with Crippen LogP contribution < -0.4 is 5.73 Å². The summed E-state index contributed by atoms with van der Waals surface area (Å²) >= 11 is 0. The number of piperazine rings is 1. The van der Waals surface area contributed by atoms with E-state index in [0.29, 0.717) is 18.5 Å². The van der Waals surface area contributed by atoms with Crippen molar-refractivity contribution in [2.24, 2.45) is 0 Å². The number of likely N-dealkylation sites (N-methyl/N-ethyl adjacent to an activating group) is 2. The van der Waals surface area contributed by atoms with Gasteiger partial charge in [-0.3, -0.25) is 0 Å². The molecule has 1 aromatic rings. The Balaban J connectivity index is 1.78. The molecule has 0 saturated carbocycles. The van der Waals surface area contributed by atoms with Crippen molar-refractivity contribution in [2.75, 3.05) is 46.1 Å². The van der Waals surface area contributed by atoms with E-state index >= 15 is 0 Å². The minimum Gasteiger partial charge on any atom is -0.383 e. The molecule has 0 amide bonds. The lowest BCUT2D eigenvalue weighted by molar-refractivity contribution is 0.107. The van der Waals surface area contributed by atoms with Crippen LogP contribution in [-0.4, -0.2) is 66.1 Å². The van der Waals surface area contributed by atoms with Crippen LogP contribution in [0.15, 0.2) is 0 Å². The van der Waals surface area contributed by atoms with Crippen molar-refractivity contribution in [3.05, 3.63) is 17.1 Å². The summed E-state index contributed by atoms with van der Waals surface area (Å²) in [6.07, 6.45) is 1.70. The maximum atomic E-state index is 6.05. The molecule has 1 saturated heterocycles. The van der Waals surface area contributed by atoms with Crippen LogP contribution in [0.25, 0.3) is 0 Å². The Morgan fingerprint density at radius 2 is 2.15 bits per heavy atom. The first kappa shape index (κ1) is 13.7. The summed E-state index contributed by atoms with van der Waals surface area (Å²) in [7, 11) is 4.34. The minimum atomic E-state index is 0.464. The molecular weight excluding hydrogens is 254 g/mol. The van der Waals surface area contributed by atoms with Gasteiger partial charge in [-0.25, -0.2) is 9.97 Å². The topological polar surface area (TPSA) is 67.5 Å². The minimum absolute atomic E-state index is 0.464. The third-order valence-corrected chi connectivity index (χ3v) is 4.30. The van der Waals surface area contributed by atoms with Crippen LogP contribution in [0, 0.1) is 0 Å². The number of rotatable bonds is 2. The van der Waals surface area contributed by atoms with E-state index in [-0.39, 0.29) is 0 Å². The van der Waals surface area contributed by atoms with Gasteiger partial charge in [0.1, 0.15) is 11.6 Å². The maximum absolute atomic E-state index is 6.05. The van der Waals surface area contributed by atoms with Crippen LogP contribution >= 0.6 is 0 Å². The standard InChI is InChI=1S/C14H23N5O/c1-18-4-5-19(2)10(8-18)7-13-16-12-3-6-20-9-11(12)14(15)17-13/h10H,3-9H2,1-2H3,(H2,15,16,17). The molecule has 0 aliphatic carbocycles. The first-order chi connectivity index (χ1) is 9.63. The van der Waals surface area contributed by atoms with E-state index in [0.717, 1.165) is 56.2 Å². The van der Waals surface area contributed by atoms with Crippen molar-refractivity contribution in [2.45, 2.75) is 25.5 Å². The Bertz CT molecular complexity index is 493. The maximum Gasteiger partial charge on any atom is 0.132 e. The van der Waals surface area contributed by atoms with E-state index in [4.69, 9.17) is 15.5 Å². The summed E-state index contributed by atoms with van der Waals surface area (Å²) in [5, 5.41) is 0. The van der Waals surface area contributed by atoms with Gasteiger partial charge in [0, 0.05) is 44.1 Å². The fourth-order valence-corrected chi connectivity index (χ4v) is 2.93. The van der Waals surface area contributed by atoms with Gasteiger partial charge in [0.05, 0.1) is 18.9 Å². The van der Waals surface area contributed by atoms with Gasteiger partial charge in [-0.1, -0.05) is 0 Å². The number of aromatic nitrogens is 2. The van der Waals surface area contributed by atoms with E-state index in [9.17, 15) is 0 Å². The molecule has 1 unspecified atom stereocenters. The van der Waals surface area contributed by atoms with E-state index < -0.39 is 0 Å². The molecule has 1 fully saturated rings. The highest BCUT2D eigenvalue weighted by molar-refractivity contribution is 5.42. The monoisotopic (exact) mass is 277 g/mol. The number of nitrogen functional groups attached to an aromatic ring is 1. The molecule has 6 heteroatoms. The second-order valence-corrected chi connectivity index (χ2v) is 5.85. The van der Waals surface area contributed by atoms with E-state index in [1.165, 1.54) is 0 Å². The molecular formula is C14H23N5O. The molecule has 2 aliphatic rings. The molecule has 6 nitrogen and oxygen atoms in total. The average Bonchev–Trinajstić information content (AvgIpc) is 2.43. The van der Waals surface area contributed by atoms with E-state index in [1.54, 1.807) is 0 Å². The zero-order chi connectivity index (χ0) is 14.1. The van der Waals surface area contributed by atoms with Gasteiger partial charge in [0.2, 0.25) is 0 Å². The highest BCUT2D eigenvalue weighted by Gasteiger charge is 2.24. The Kier molecular flexibility index (Phi) is 3.87. The molecule has 1 atom stereocenters. The molecule has 20 heavy (non-hydrogen) atoms. The van der Waals surface area contributed by atoms with Crippen LogP contribution in [0.5, 0.6) is 0 Å². The van der Waals surface area contributed by atoms with Gasteiger partial charge in [-0.2, -0.15) is 0 Å². The summed E-state index contributed by atoms with van der Waals surface area (Å²) in [6, 6.07) is 0.464. The van der Waals surface area contributed by atoms with Crippen molar-refractivity contribution in [1.82, 2.24) is 19.8 Å². The van der Waals surface area contributed by atoms with Gasteiger partial charge in [-0.05, 0) is 14.1 Å². The van der Waals surface area contributed by atoms with Crippen LogP contribution in [0.1, 0.15) is 17.1 Å². The van der Waals surface area contributed by atoms with Crippen molar-refractivity contribution in [1.29, 1.82) is 0 Å². The van der Waals surface area contributed by atoms with Crippen LogP contribution in [0.4, 0.5) is 5.82 Å². The molecule has 2 aliphatic heterocycles. The van der Waals surface area contributed by atoms with Gasteiger partial charge in [0.15, 0.2) is 0 Å². The number of anilines is 1. The number of nitrogens with two attached hydrogens (primary N) is 1. The molecule has 3 rings (SSSR count). The lowest BCUT2D eigenvalue weighted by atomic mass is 10.1. The number of hydrogen-bond acceptors (Lipinski definition) is 6. The SMILES string of the molecule is CN1CCN(C)C(Cc2nc(N)c3c(n2)CCOC3)C1. The lowest BCUT2D eigenvalue weighted by Crippen LogP contribution is -2.51. The molecule has 110 valence electrons. The molecule has 3 heterocycles. The van der Waals surface area contributed by atoms with Crippen molar-refractivity contribution in [3.63, 3.8) is 0 Å². The molecule has 2 N–H and O–H groups in total. The van der Waals surface area contributed by atoms with Crippen molar-refractivity contribution in [3.8, 4) is 0 Å². The van der Waals surface area contributed by atoms with Crippen LogP contribution in [-0.2, 0) is 24.2 Å². The molecule has 0 radical (unpaired) electrons. The fraction of sp³-hybridized carbons (Fsp3) is 0.714. The van der Waals surface area contributed by atoms with Gasteiger partial charge in [-0.15, -0.1) is 0 Å². The zero-order valence-electron chi connectivity index (χ0n) is 12.3. The smallest absolute Gasteiger partial charge is 0.132 e. The van der Waals surface area contributed by atoms with E-state index in [2.05, 4.69) is 28.9 Å².